The van der Waals surface area contributed by atoms with Gasteiger partial charge < -0.3 is 20.3 Å². The number of allylic oxidation sites excluding steroid dienone is 2. The molecule has 0 radical (unpaired) electrons. The number of aromatic hydroxyl groups is 1. The van der Waals surface area contributed by atoms with Crippen LogP contribution in [0.2, 0.25) is 0 Å². The molecule has 0 spiro atoms. The lowest BCUT2D eigenvalue weighted by Gasteiger charge is -2.30. The molecular weight excluding hydrogens is 402 g/mol. The zero-order valence-electron chi connectivity index (χ0n) is 16.8. The average Bonchev–Trinajstić information content (AvgIpc) is 3.00. The molecule has 3 N–H and O–H groups in total. The van der Waals surface area contributed by atoms with Gasteiger partial charge in [0.05, 0.1) is 5.56 Å². The number of hydrogen-bond acceptors (Lipinski definition) is 7. The zero-order valence-corrected chi connectivity index (χ0v) is 16.8. The highest BCUT2D eigenvalue weighted by Crippen LogP contribution is 2.56. The summed E-state index contributed by atoms with van der Waals surface area (Å²) in [4.78, 5) is 49.7. The van der Waals surface area contributed by atoms with Gasteiger partial charge in [-0.15, -0.1) is 0 Å². The lowest BCUT2D eigenvalue weighted by atomic mass is 9.67. The first-order valence-electron chi connectivity index (χ1n) is 9.51. The van der Waals surface area contributed by atoms with Crippen LogP contribution in [0.25, 0.3) is 0 Å². The molecule has 0 bridgehead atoms. The number of phenolic OH excluding ortho intramolecular Hbond substituents is 1. The Kier molecular flexibility index (Phi) is 4.65. The second kappa shape index (κ2) is 7.09. The highest BCUT2D eigenvalue weighted by molar-refractivity contribution is 6.27. The molecule has 1 aliphatic heterocycles. The number of benzene rings is 2. The standard InChI is InChI=1S/C23H19NO7/c1-11(25)17-13(26)9-16-23(2,21(17)28)19-14(27)8-15(18(22(24)29)20(19)31-16)30-10-12-6-4-3-5-7-12/h3-9,17,27H,10H2,1-2H3,(H2,24,29). The predicted octanol–water partition coefficient (Wildman–Crippen LogP) is 1.96. The van der Waals surface area contributed by atoms with Crippen molar-refractivity contribution in [1.29, 1.82) is 0 Å². The maximum absolute atomic E-state index is 13.2. The number of rotatable bonds is 5. The second-order valence-electron chi connectivity index (χ2n) is 7.66. The van der Waals surface area contributed by atoms with Crippen molar-refractivity contribution in [3.63, 3.8) is 0 Å². The van der Waals surface area contributed by atoms with Gasteiger partial charge in [-0.05, 0) is 19.4 Å². The summed E-state index contributed by atoms with van der Waals surface area (Å²) in [5, 5.41) is 10.8. The van der Waals surface area contributed by atoms with Gasteiger partial charge in [-0.2, -0.15) is 0 Å². The molecule has 1 heterocycles. The third-order valence-corrected chi connectivity index (χ3v) is 5.63. The number of amides is 1. The average molecular weight is 421 g/mol. The van der Waals surface area contributed by atoms with Gasteiger partial charge in [0.25, 0.3) is 5.91 Å². The largest absolute Gasteiger partial charge is 0.507 e. The van der Waals surface area contributed by atoms with Crippen LogP contribution < -0.4 is 15.2 Å². The molecule has 2 aromatic rings. The van der Waals surface area contributed by atoms with Crippen LogP contribution in [0.5, 0.6) is 17.2 Å². The maximum atomic E-state index is 13.2. The Labute approximate surface area is 177 Å². The van der Waals surface area contributed by atoms with Crippen LogP contribution in [0, 0.1) is 5.92 Å². The van der Waals surface area contributed by atoms with Crippen LogP contribution >= 0.6 is 0 Å². The monoisotopic (exact) mass is 421 g/mol. The number of nitrogens with two attached hydrogens (primary N) is 1. The lowest BCUT2D eigenvalue weighted by molar-refractivity contribution is -0.140. The number of carbonyl (C=O) groups is 4. The Balaban J connectivity index is 1.85. The van der Waals surface area contributed by atoms with Gasteiger partial charge in [0.2, 0.25) is 0 Å². The van der Waals surface area contributed by atoms with E-state index in [1.165, 1.54) is 13.0 Å². The molecule has 4 rings (SSSR count). The smallest absolute Gasteiger partial charge is 0.256 e. The normalized spacial score (nSPS) is 21.6. The van der Waals surface area contributed by atoms with Gasteiger partial charge in [-0.3, -0.25) is 19.2 Å². The molecule has 158 valence electrons. The minimum absolute atomic E-state index is 0.0247. The molecule has 2 aromatic carbocycles. The minimum atomic E-state index is -1.62. The van der Waals surface area contributed by atoms with Gasteiger partial charge >= 0.3 is 0 Å². The van der Waals surface area contributed by atoms with E-state index in [0.717, 1.165) is 18.6 Å². The molecule has 31 heavy (non-hydrogen) atoms. The third kappa shape index (κ3) is 2.99. The van der Waals surface area contributed by atoms with Gasteiger partial charge in [-0.1, -0.05) is 30.3 Å². The van der Waals surface area contributed by atoms with Crippen molar-refractivity contribution >= 4 is 23.3 Å². The highest BCUT2D eigenvalue weighted by Gasteiger charge is 2.58. The van der Waals surface area contributed by atoms with E-state index in [9.17, 15) is 24.3 Å². The van der Waals surface area contributed by atoms with Gasteiger partial charge in [0.1, 0.15) is 46.5 Å². The Morgan fingerprint density at radius 2 is 1.90 bits per heavy atom. The molecule has 2 aliphatic rings. The molecule has 1 aliphatic carbocycles. The summed E-state index contributed by atoms with van der Waals surface area (Å²) in [7, 11) is 0. The van der Waals surface area contributed by atoms with E-state index in [1.54, 1.807) is 0 Å². The Morgan fingerprint density at radius 3 is 2.52 bits per heavy atom. The first-order chi connectivity index (χ1) is 14.7. The molecule has 8 nitrogen and oxygen atoms in total. The number of fused-ring (bicyclic) bond motifs is 3. The van der Waals surface area contributed by atoms with Gasteiger partial charge in [-0.25, -0.2) is 0 Å². The van der Waals surface area contributed by atoms with E-state index in [1.807, 2.05) is 30.3 Å². The second-order valence-corrected chi connectivity index (χ2v) is 7.66. The number of Topliss-reactive ketones (excluding diaryl/α,β-unsaturated/α-hetero) is 2. The number of carbonyl (C=O) groups excluding carboxylic acids is 4. The van der Waals surface area contributed by atoms with E-state index < -0.39 is 34.6 Å². The van der Waals surface area contributed by atoms with Crippen LogP contribution in [-0.4, -0.2) is 28.4 Å². The number of primary amides is 1. The molecule has 2 unspecified atom stereocenters. The minimum Gasteiger partial charge on any atom is -0.507 e. The van der Waals surface area contributed by atoms with Crippen LogP contribution in [0.4, 0.5) is 0 Å². The van der Waals surface area contributed by atoms with Crippen LogP contribution in [0.3, 0.4) is 0 Å². The summed E-state index contributed by atoms with van der Waals surface area (Å²) in [5.74, 6) is -5.10. The van der Waals surface area contributed by atoms with Gasteiger partial charge in [0.15, 0.2) is 17.3 Å². The van der Waals surface area contributed by atoms with E-state index in [-0.39, 0.29) is 40.7 Å². The Morgan fingerprint density at radius 1 is 1.23 bits per heavy atom. The molecule has 0 aromatic heterocycles. The summed E-state index contributed by atoms with van der Waals surface area (Å²) in [5.41, 5.74) is 4.57. The van der Waals surface area contributed by atoms with E-state index in [2.05, 4.69) is 0 Å². The van der Waals surface area contributed by atoms with E-state index in [0.29, 0.717) is 0 Å². The first-order valence-corrected chi connectivity index (χ1v) is 9.51. The Bertz CT molecular complexity index is 1180. The highest BCUT2D eigenvalue weighted by atomic mass is 16.5. The van der Waals surface area contributed by atoms with Crippen LogP contribution in [-0.2, 0) is 26.4 Å². The quantitative estimate of drug-likeness (QED) is 0.705. The SMILES string of the molecule is CC(=O)C1C(=O)C=C2Oc3c(C(N)=O)c(OCc4ccccc4)cc(O)c3C2(C)C1=O. The molecule has 0 fully saturated rings. The molecule has 0 saturated carbocycles. The third-order valence-electron chi connectivity index (χ3n) is 5.63. The van der Waals surface area contributed by atoms with Crippen LogP contribution in [0.15, 0.2) is 48.2 Å². The van der Waals surface area contributed by atoms with Crippen molar-refractivity contribution in [3.8, 4) is 17.2 Å². The fraction of sp³-hybridized carbons (Fsp3) is 0.217. The molecule has 0 saturated heterocycles. The lowest BCUT2D eigenvalue weighted by Crippen LogP contribution is -2.47. The molecule has 8 heteroatoms. The Hall–Kier alpha value is -3.94. The zero-order chi connectivity index (χ0) is 22.5. The van der Waals surface area contributed by atoms with Crippen molar-refractivity contribution in [3.05, 3.63) is 64.9 Å². The number of phenols is 1. The topological polar surface area (TPSA) is 133 Å². The first kappa shape index (κ1) is 20.3. The van der Waals surface area contributed by atoms with Crippen molar-refractivity contribution in [2.45, 2.75) is 25.9 Å². The summed E-state index contributed by atoms with van der Waals surface area (Å²) in [6, 6.07) is 10.3. The fourth-order valence-electron chi connectivity index (χ4n) is 4.06. The summed E-state index contributed by atoms with van der Waals surface area (Å²) in [6.45, 7) is 2.67. The maximum Gasteiger partial charge on any atom is 0.256 e. The number of ketones is 3. The summed E-state index contributed by atoms with van der Waals surface area (Å²) < 4.78 is 11.4. The van der Waals surface area contributed by atoms with E-state index in [4.69, 9.17) is 15.2 Å². The van der Waals surface area contributed by atoms with Crippen molar-refractivity contribution in [2.75, 3.05) is 0 Å². The predicted molar refractivity (Wildman–Crippen MR) is 108 cm³/mol. The number of ether oxygens (including phenoxy) is 2. The van der Waals surface area contributed by atoms with Crippen LogP contribution in [0.1, 0.15) is 35.3 Å². The van der Waals surface area contributed by atoms with E-state index >= 15 is 0 Å². The molecule has 1 amide bonds. The summed E-state index contributed by atoms with van der Waals surface area (Å²) in [6.07, 6.45) is 1.06. The summed E-state index contributed by atoms with van der Waals surface area (Å²) >= 11 is 0. The molecular formula is C23H19NO7. The van der Waals surface area contributed by atoms with Crippen molar-refractivity contribution in [1.82, 2.24) is 0 Å². The fourth-order valence-corrected chi connectivity index (χ4v) is 4.06. The molecule has 2 atom stereocenters. The van der Waals surface area contributed by atoms with Gasteiger partial charge in [0, 0.05) is 12.1 Å². The van der Waals surface area contributed by atoms with Crippen molar-refractivity contribution in [2.24, 2.45) is 11.7 Å². The number of hydrogen-bond donors (Lipinski definition) is 2. The van der Waals surface area contributed by atoms with Crippen molar-refractivity contribution < 1.29 is 33.8 Å².